The molecule has 3 nitrogen and oxygen atoms in total. The first kappa shape index (κ1) is 13.5. The summed E-state index contributed by atoms with van der Waals surface area (Å²) in [6.07, 6.45) is 5.90. The number of hydrogen-bond acceptors (Lipinski definition) is 2. The zero-order valence-corrected chi connectivity index (χ0v) is 10.7. The van der Waals surface area contributed by atoms with E-state index in [1.165, 1.54) is 12.1 Å². The maximum atomic E-state index is 13.8. The van der Waals surface area contributed by atoms with Crippen LogP contribution in [0.1, 0.15) is 23.7 Å². The van der Waals surface area contributed by atoms with Crippen LogP contribution in [-0.4, -0.2) is 17.1 Å². The number of nitrogens with one attached hydrogen (secondary N) is 1. The van der Waals surface area contributed by atoms with Crippen LogP contribution in [0.4, 0.5) is 10.1 Å². The average Bonchev–Trinajstić information content (AvgIpc) is 2.30. The Labute approximate surface area is 107 Å². The van der Waals surface area contributed by atoms with Crippen LogP contribution in [0.3, 0.4) is 0 Å². The van der Waals surface area contributed by atoms with E-state index >= 15 is 0 Å². The second kappa shape index (κ2) is 5.69. The highest BCUT2D eigenvalue weighted by Crippen LogP contribution is 2.27. The summed E-state index contributed by atoms with van der Waals surface area (Å²) in [7, 11) is 0. The van der Waals surface area contributed by atoms with Crippen LogP contribution in [-0.2, 0) is 0 Å². The monoisotopic (exact) mass is 299 g/mol. The first-order valence-electron chi connectivity index (χ1n) is 4.95. The number of rotatable bonds is 4. The van der Waals surface area contributed by atoms with Crippen molar-refractivity contribution >= 4 is 27.6 Å². The van der Waals surface area contributed by atoms with Gasteiger partial charge in [-0.25, -0.2) is 9.18 Å². The van der Waals surface area contributed by atoms with Gasteiger partial charge in [0.25, 0.3) is 0 Å². The van der Waals surface area contributed by atoms with Gasteiger partial charge in [0.15, 0.2) is 5.82 Å². The number of halogens is 2. The van der Waals surface area contributed by atoms with Gasteiger partial charge >= 0.3 is 5.97 Å². The Morgan fingerprint density at radius 1 is 1.71 bits per heavy atom. The summed E-state index contributed by atoms with van der Waals surface area (Å²) in [6, 6.07) is 2.40. The normalized spacial score (nSPS) is 11.6. The topological polar surface area (TPSA) is 49.3 Å². The number of carbonyl (C=O) groups is 1. The van der Waals surface area contributed by atoms with Crippen LogP contribution < -0.4 is 5.32 Å². The van der Waals surface area contributed by atoms with Crippen molar-refractivity contribution in [3.8, 4) is 12.3 Å². The second-order valence-electron chi connectivity index (χ2n) is 3.37. The summed E-state index contributed by atoms with van der Waals surface area (Å²) in [5.41, 5.74) is 0.0634. The zero-order chi connectivity index (χ0) is 13.0. The molecule has 0 aliphatic rings. The van der Waals surface area contributed by atoms with Gasteiger partial charge in [-0.05, 0) is 34.5 Å². The Morgan fingerprint density at radius 2 is 2.35 bits per heavy atom. The molecule has 0 saturated carbocycles. The molecule has 0 radical (unpaired) electrons. The summed E-state index contributed by atoms with van der Waals surface area (Å²) in [6.45, 7) is 1.87. The third-order valence-electron chi connectivity index (χ3n) is 2.25. The van der Waals surface area contributed by atoms with Crippen LogP contribution in [0.25, 0.3) is 0 Å². The molecule has 0 saturated heterocycles. The van der Waals surface area contributed by atoms with Crippen molar-refractivity contribution in [3.63, 3.8) is 0 Å². The molecule has 0 aliphatic heterocycles. The number of hydrogen-bond donors (Lipinski definition) is 2. The number of carboxylic acid groups (broad SMARTS) is 1. The Bertz CT molecular complexity index is 482. The Hall–Kier alpha value is -1.54. The van der Waals surface area contributed by atoms with Gasteiger partial charge in [-0.2, -0.15) is 0 Å². The van der Waals surface area contributed by atoms with Gasteiger partial charge in [-0.1, -0.05) is 12.8 Å². The van der Waals surface area contributed by atoms with Crippen molar-refractivity contribution in [2.24, 2.45) is 0 Å². The molecule has 0 amide bonds. The van der Waals surface area contributed by atoms with Crippen LogP contribution >= 0.6 is 15.9 Å². The lowest BCUT2D eigenvalue weighted by Gasteiger charge is -2.14. The Morgan fingerprint density at radius 3 is 2.82 bits per heavy atom. The quantitative estimate of drug-likeness (QED) is 0.840. The van der Waals surface area contributed by atoms with E-state index in [-0.39, 0.29) is 21.8 Å². The summed E-state index contributed by atoms with van der Waals surface area (Å²) >= 11 is 2.92. The van der Waals surface area contributed by atoms with E-state index in [1.807, 2.05) is 6.92 Å². The molecule has 0 bridgehead atoms. The van der Waals surface area contributed by atoms with E-state index < -0.39 is 11.8 Å². The standard InChI is InChI=1S/C12H11BrFNO2/c1-3-7(4-2)15-9-6-5-8(12(16)17)10(13)11(9)14/h1,5-7,15H,4H2,2H3,(H,16,17). The molecule has 1 atom stereocenters. The third-order valence-corrected chi connectivity index (χ3v) is 3.03. The van der Waals surface area contributed by atoms with Gasteiger partial charge in [0.05, 0.1) is 21.8 Å². The molecular weight excluding hydrogens is 289 g/mol. The summed E-state index contributed by atoms with van der Waals surface area (Å²) in [4.78, 5) is 10.8. The smallest absolute Gasteiger partial charge is 0.336 e. The SMILES string of the molecule is C#CC(CC)Nc1ccc(C(=O)O)c(Br)c1F. The molecular formula is C12H11BrFNO2. The predicted octanol–water partition coefficient (Wildman–Crippen LogP) is 3.11. The number of anilines is 1. The first-order valence-corrected chi connectivity index (χ1v) is 5.74. The maximum absolute atomic E-state index is 13.8. The van der Waals surface area contributed by atoms with E-state index in [0.29, 0.717) is 6.42 Å². The molecule has 17 heavy (non-hydrogen) atoms. The number of aromatic carboxylic acids is 1. The lowest BCUT2D eigenvalue weighted by Crippen LogP contribution is -2.17. The summed E-state index contributed by atoms with van der Waals surface area (Å²) in [5.74, 6) is 0.632. The Balaban J connectivity index is 3.09. The fourth-order valence-corrected chi connectivity index (χ4v) is 1.79. The maximum Gasteiger partial charge on any atom is 0.336 e. The molecule has 5 heteroatoms. The molecule has 1 aromatic rings. The lowest BCUT2D eigenvalue weighted by molar-refractivity contribution is 0.0695. The predicted molar refractivity (Wildman–Crippen MR) is 67.6 cm³/mol. The van der Waals surface area contributed by atoms with Crippen LogP contribution in [0.15, 0.2) is 16.6 Å². The van der Waals surface area contributed by atoms with Crippen molar-refractivity contribution in [1.82, 2.24) is 0 Å². The minimum atomic E-state index is -1.19. The third kappa shape index (κ3) is 2.98. The highest BCUT2D eigenvalue weighted by atomic mass is 79.9. The molecule has 1 rings (SSSR count). The second-order valence-corrected chi connectivity index (χ2v) is 4.16. The molecule has 0 fully saturated rings. The zero-order valence-electron chi connectivity index (χ0n) is 9.13. The van der Waals surface area contributed by atoms with Crippen molar-refractivity contribution in [2.75, 3.05) is 5.32 Å². The Kier molecular flexibility index (Phi) is 4.53. The van der Waals surface area contributed by atoms with Gasteiger partial charge < -0.3 is 10.4 Å². The average molecular weight is 300 g/mol. The van der Waals surface area contributed by atoms with Crippen LogP contribution in [0, 0.1) is 18.2 Å². The molecule has 0 aromatic heterocycles. The number of carboxylic acids is 1. The van der Waals surface area contributed by atoms with Gasteiger partial charge in [-0.3, -0.25) is 0 Å². The minimum Gasteiger partial charge on any atom is -0.478 e. The minimum absolute atomic E-state index is 0.0816. The molecule has 1 aromatic carbocycles. The molecule has 0 spiro atoms. The van der Waals surface area contributed by atoms with E-state index in [2.05, 4.69) is 27.2 Å². The van der Waals surface area contributed by atoms with Crippen molar-refractivity contribution in [1.29, 1.82) is 0 Å². The molecule has 0 heterocycles. The highest BCUT2D eigenvalue weighted by Gasteiger charge is 2.16. The molecule has 2 N–H and O–H groups in total. The lowest BCUT2D eigenvalue weighted by atomic mass is 10.1. The van der Waals surface area contributed by atoms with Gasteiger partial charge in [-0.15, -0.1) is 6.42 Å². The van der Waals surface area contributed by atoms with E-state index in [1.54, 1.807) is 0 Å². The number of benzene rings is 1. The van der Waals surface area contributed by atoms with Gasteiger partial charge in [0.2, 0.25) is 0 Å². The highest BCUT2D eigenvalue weighted by molar-refractivity contribution is 9.10. The van der Waals surface area contributed by atoms with Crippen molar-refractivity contribution < 1.29 is 14.3 Å². The van der Waals surface area contributed by atoms with E-state index in [4.69, 9.17) is 11.5 Å². The molecule has 1 unspecified atom stereocenters. The van der Waals surface area contributed by atoms with Crippen LogP contribution in [0.5, 0.6) is 0 Å². The largest absolute Gasteiger partial charge is 0.478 e. The first-order chi connectivity index (χ1) is 8.01. The van der Waals surface area contributed by atoms with Crippen molar-refractivity contribution in [2.45, 2.75) is 19.4 Å². The molecule has 0 aliphatic carbocycles. The summed E-state index contributed by atoms with van der Waals surface area (Å²) in [5, 5.41) is 11.6. The fraction of sp³-hybridized carbons (Fsp3) is 0.250. The molecule has 90 valence electrons. The van der Waals surface area contributed by atoms with Crippen LogP contribution in [0.2, 0.25) is 0 Å². The summed E-state index contributed by atoms with van der Waals surface area (Å²) < 4.78 is 13.7. The van der Waals surface area contributed by atoms with Crippen molar-refractivity contribution in [3.05, 3.63) is 28.0 Å². The number of terminal acetylenes is 1. The van der Waals surface area contributed by atoms with E-state index in [0.717, 1.165) is 0 Å². The van der Waals surface area contributed by atoms with Gasteiger partial charge in [0, 0.05) is 0 Å². The van der Waals surface area contributed by atoms with E-state index in [9.17, 15) is 9.18 Å². The fourth-order valence-electron chi connectivity index (χ4n) is 1.28. The van der Waals surface area contributed by atoms with Gasteiger partial charge in [0.1, 0.15) is 0 Å².